The van der Waals surface area contributed by atoms with Gasteiger partial charge in [0.2, 0.25) is 0 Å². The van der Waals surface area contributed by atoms with Gasteiger partial charge in [0.05, 0.1) is 23.5 Å². The minimum atomic E-state index is -1.11. The Morgan fingerprint density at radius 2 is 2.27 bits per heavy atom. The first-order chi connectivity index (χ1) is 10.5. The molecule has 2 heterocycles. The van der Waals surface area contributed by atoms with E-state index in [0.717, 1.165) is 6.07 Å². The topological polar surface area (TPSA) is 95.5 Å². The van der Waals surface area contributed by atoms with Crippen LogP contribution < -0.4 is 0 Å². The van der Waals surface area contributed by atoms with E-state index in [0.29, 0.717) is 11.0 Å². The van der Waals surface area contributed by atoms with Gasteiger partial charge in [-0.15, -0.1) is 0 Å². The number of hydrogen-bond acceptors (Lipinski definition) is 4. The van der Waals surface area contributed by atoms with Gasteiger partial charge in [-0.25, -0.2) is 14.2 Å². The fourth-order valence-electron chi connectivity index (χ4n) is 2.76. The number of imidazole rings is 1. The molecule has 0 bridgehead atoms. The molecular formula is C14H14FN3O4. The van der Waals surface area contributed by atoms with E-state index < -0.39 is 23.7 Å². The minimum absolute atomic E-state index is 0.0410. The summed E-state index contributed by atoms with van der Waals surface area (Å²) in [6.45, 7) is 0.148. The number of methoxy groups -OCH3 is 1. The van der Waals surface area contributed by atoms with Crippen molar-refractivity contribution >= 4 is 22.9 Å². The Bertz CT molecular complexity index is 745. The van der Waals surface area contributed by atoms with Gasteiger partial charge in [0.1, 0.15) is 17.4 Å². The number of aromatic nitrogens is 2. The summed E-state index contributed by atoms with van der Waals surface area (Å²) < 4.78 is 18.8. The molecular weight excluding hydrogens is 293 g/mol. The van der Waals surface area contributed by atoms with Crippen LogP contribution in [-0.2, 0) is 9.53 Å². The summed E-state index contributed by atoms with van der Waals surface area (Å²) in [5.74, 6) is -2.26. The Hall–Kier alpha value is -2.48. The third-order valence-corrected chi connectivity index (χ3v) is 3.86. The highest BCUT2D eigenvalue weighted by Gasteiger charge is 2.40. The number of ether oxygens (including phenoxy) is 1. The van der Waals surface area contributed by atoms with E-state index in [2.05, 4.69) is 9.97 Å². The van der Waals surface area contributed by atoms with Crippen LogP contribution in [0, 0.1) is 5.82 Å². The molecule has 0 radical (unpaired) electrons. The predicted octanol–water partition coefficient (Wildman–Crippen LogP) is 1.02. The second-order valence-electron chi connectivity index (χ2n) is 5.16. The van der Waals surface area contributed by atoms with E-state index >= 15 is 0 Å². The average molecular weight is 307 g/mol. The standard InChI is InChI=1S/C14H14FN3O4/c1-22-8-4-11(14(20)21)18(5-8)13(19)9-2-7(15)3-10-12(9)17-6-16-10/h2-3,6,8,11H,4-5H2,1H3,(H,16,17)(H,20,21). The van der Waals surface area contributed by atoms with Crippen LogP contribution in [0.15, 0.2) is 18.5 Å². The summed E-state index contributed by atoms with van der Waals surface area (Å²) in [5.41, 5.74) is 0.744. The van der Waals surface area contributed by atoms with Crippen molar-refractivity contribution in [2.24, 2.45) is 0 Å². The first-order valence-corrected chi connectivity index (χ1v) is 6.70. The lowest BCUT2D eigenvalue weighted by molar-refractivity contribution is -0.141. The summed E-state index contributed by atoms with van der Waals surface area (Å²) in [7, 11) is 1.46. The van der Waals surface area contributed by atoms with E-state index in [1.165, 1.54) is 24.4 Å². The number of aromatic amines is 1. The lowest BCUT2D eigenvalue weighted by atomic mass is 10.1. The fourth-order valence-corrected chi connectivity index (χ4v) is 2.76. The fraction of sp³-hybridized carbons (Fsp3) is 0.357. The van der Waals surface area contributed by atoms with E-state index in [9.17, 15) is 19.1 Å². The number of halogens is 1. The van der Waals surface area contributed by atoms with Crippen LogP contribution in [0.4, 0.5) is 4.39 Å². The number of nitrogens with zero attached hydrogens (tertiary/aromatic N) is 2. The van der Waals surface area contributed by atoms with Gasteiger partial charge in [0, 0.05) is 20.1 Å². The summed E-state index contributed by atoms with van der Waals surface area (Å²) >= 11 is 0. The highest BCUT2D eigenvalue weighted by molar-refractivity contribution is 6.06. The van der Waals surface area contributed by atoms with Crippen molar-refractivity contribution < 1.29 is 23.8 Å². The van der Waals surface area contributed by atoms with E-state index in [1.54, 1.807) is 0 Å². The first-order valence-electron chi connectivity index (χ1n) is 6.70. The van der Waals surface area contributed by atoms with Crippen molar-refractivity contribution in [3.05, 3.63) is 29.8 Å². The maximum atomic E-state index is 13.7. The number of carbonyl (C=O) groups is 2. The third-order valence-electron chi connectivity index (χ3n) is 3.86. The predicted molar refractivity (Wildman–Crippen MR) is 73.9 cm³/mol. The molecule has 1 saturated heterocycles. The van der Waals surface area contributed by atoms with Crippen LogP contribution in [0.25, 0.3) is 11.0 Å². The Labute approximate surface area is 124 Å². The van der Waals surface area contributed by atoms with E-state index in [1.807, 2.05) is 0 Å². The molecule has 0 aliphatic carbocycles. The Kier molecular flexibility index (Phi) is 3.53. The number of carboxylic acids is 1. The third kappa shape index (κ3) is 2.31. The number of aliphatic carboxylic acids is 1. The molecule has 0 saturated carbocycles. The molecule has 1 amide bonds. The molecule has 1 aromatic carbocycles. The SMILES string of the molecule is COC1CC(C(=O)O)N(C(=O)c2cc(F)cc3[nH]cnc23)C1. The summed E-state index contributed by atoms with van der Waals surface area (Å²) in [4.78, 5) is 32.0. The molecule has 116 valence electrons. The Balaban J connectivity index is 2.01. The van der Waals surface area contributed by atoms with Gasteiger partial charge < -0.3 is 19.7 Å². The summed E-state index contributed by atoms with van der Waals surface area (Å²) in [6.07, 6.45) is 1.21. The van der Waals surface area contributed by atoms with E-state index in [4.69, 9.17) is 4.74 Å². The number of carboxylic acid groups (broad SMARTS) is 1. The van der Waals surface area contributed by atoms with Crippen LogP contribution in [0.5, 0.6) is 0 Å². The molecule has 22 heavy (non-hydrogen) atoms. The zero-order valence-electron chi connectivity index (χ0n) is 11.7. The maximum Gasteiger partial charge on any atom is 0.326 e. The quantitative estimate of drug-likeness (QED) is 0.882. The lowest BCUT2D eigenvalue weighted by Crippen LogP contribution is -2.40. The van der Waals surface area contributed by atoms with Crippen LogP contribution in [0.2, 0.25) is 0 Å². The number of carbonyl (C=O) groups excluding carboxylic acids is 1. The summed E-state index contributed by atoms with van der Waals surface area (Å²) in [6, 6.07) is 1.31. The number of fused-ring (bicyclic) bond motifs is 1. The van der Waals surface area contributed by atoms with Gasteiger partial charge in [-0.1, -0.05) is 0 Å². The zero-order chi connectivity index (χ0) is 15.9. The van der Waals surface area contributed by atoms with Gasteiger partial charge in [0.25, 0.3) is 5.91 Å². The number of amides is 1. The Morgan fingerprint density at radius 3 is 2.95 bits per heavy atom. The first kappa shape index (κ1) is 14.5. The smallest absolute Gasteiger partial charge is 0.326 e. The maximum absolute atomic E-state index is 13.7. The molecule has 1 aliphatic heterocycles. The van der Waals surface area contributed by atoms with Crippen LogP contribution in [-0.4, -0.2) is 57.7 Å². The zero-order valence-corrected chi connectivity index (χ0v) is 11.7. The molecule has 1 aliphatic rings. The number of benzene rings is 1. The van der Waals surface area contributed by atoms with Crippen molar-refractivity contribution in [1.82, 2.24) is 14.9 Å². The molecule has 0 spiro atoms. The molecule has 1 aromatic heterocycles. The van der Waals surface area contributed by atoms with Gasteiger partial charge in [0.15, 0.2) is 0 Å². The monoisotopic (exact) mass is 307 g/mol. The van der Waals surface area contributed by atoms with Crippen LogP contribution in [0.3, 0.4) is 0 Å². The number of hydrogen-bond donors (Lipinski definition) is 2. The average Bonchev–Trinajstić information content (AvgIpc) is 3.11. The van der Waals surface area contributed by atoms with Crippen molar-refractivity contribution in [2.45, 2.75) is 18.6 Å². The second kappa shape index (κ2) is 5.38. The molecule has 2 aromatic rings. The van der Waals surface area contributed by atoms with Crippen molar-refractivity contribution in [3.63, 3.8) is 0 Å². The number of H-pyrrole nitrogens is 1. The van der Waals surface area contributed by atoms with Gasteiger partial charge in [-0.05, 0) is 12.1 Å². The van der Waals surface area contributed by atoms with Crippen LogP contribution in [0.1, 0.15) is 16.8 Å². The molecule has 3 rings (SSSR count). The van der Waals surface area contributed by atoms with Crippen molar-refractivity contribution in [3.8, 4) is 0 Å². The highest BCUT2D eigenvalue weighted by atomic mass is 19.1. The highest BCUT2D eigenvalue weighted by Crippen LogP contribution is 2.25. The largest absolute Gasteiger partial charge is 0.480 e. The number of likely N-dealkylation sites (tertiary alicyclic amines) is 1. The number of nitrogens with one attached hydrogen (secondary N) is 1. The molecule has 2 N–H and O–H groups in total. The molecule has 2 atom stereocenters. The van der Waals surface area contributed by atoms with Crippen molar-refractivity contribution in [1.29, 1.82) is 0 Å². The normalized spacial score (nSPS) is 21.5. The van der Waals surface area contributed by atoms with Crippen molar-refractivity contribution in [2.75, 3.05) is 13.7 Å². The van der Waals surface area contributed by atoms with Gasteiger partial charge in [-0.2, -0.15) is 0 Å². The van der Waals surface area contributed by atoms with Gasteiger partial charge >= 0.3 is 5.97 Å². The number of rotatable bonds is 3. The summed E-state index contributed by atoms with van der Waals surface area (Å²) in [5, 5.41) is 9.28. The minimum Gasteiger partial charge on any atom is -0.480 e. The van der Waals surface area contributed by atoms with Crippen LogP contribution >= 0.6 is 0 Å². The molecule has 2 unspecified atom stereocenters. The second-order valence-corrected chi connectivity index (χ2v) is 5.16. The van der Waals surface area contributed by atoms with Gasteiger partial charge in [-0.3, -0.25) is 4.79 Å². The molecule has 8 heteroatoms. The molecule has 1 fully saturated rings. The lowest BCUT2D eigenvalue weighted by Gasteiger charge is -2.21. The Morgan fingerprint density at radius 1 is 1.50 bits per heavy atom. The molecule has 7 nitrogen and oxygen atoms in total. The van der Waals surface area contributed by atoms with E-state index in [-0.39, 0.29) is 24.6 Å².